The molecular weight excluding hydrogens is 142 g/mol. The summed E-state index contributed by atoms with van der Waals surface area (Å²) >= 11 is 1.90. The molecule has 1 nitrogen and oxygen atoms in total. The Morgan fingerprint density at radius 2 is 2.30 bits per heavy atom. The van der Waals surface area contributed by atoms with Crippen LogP contribution in [0.4, 0.5) is 0 Å². The number of rotatable bonds is 1. The molecule has 1 aliphatic heterocycles. The average molecular weight is 153 g/mol. The van der Waals surface area contributed by atoms with Crippen molar-refractivity contribution >= 4 is 11.3 Å². The van der Waals surface area contributed by atoms with Crippen molar-refractivity contribution in [3.63, 3.8) is 0 Å². The average Bonchev–Trinajstić information content (AvgIpc) is 2.61. The zero-order valence-corrected chi connectivity index (χ0v) is 7.09. The molecule has 1 N–H and O–H groups in total. The van der Waals surface area contributed by atoms with Gasteiger partial charge in [-0.05, 0) is 25.5 Å². The minimum atomic E-state index is 0.685. The minimum Gasteiger partial charge on any atom is -0.307 e. The second-order valence-electron chi connectivity index (χ2n) is 2.83. The van der Waals surface area contributed by atoms with Crippen LogP contribution in [0.2, 0.25) is 0 Å². The van der Waals surface area contributed by atoms with E-state index < -0.39 is 0 Å². The predicted octanol–water partition coefficient (Wildman–Crippen LogP) is 2.01. The first-order valence-corrected chi connectivity index (χ1v) is 4.39. The maximum Gasteiger partial charge on any atom is 0.0458 e. The largest absolute Gasteiger partial charge is 0.307 e. The molecule has 0 aliphatic carbocycles. The van der Waals surface area contributed by atoms with Crippen LogP contribution in [0.3, 0.4) is 0 Å². The van der Waals surface area contributed by atoms with Crippen LogP contribution in [0.1, 0.15) is 21.4 Å². The Morgan fingerprint density at radius 3 is 2.70 bits per heavy atom. The molecule has 0 bridgehead atoms. The van der Waals surface area contributed by atoms with Crippen molar-refractivity contribution in [2.45, 2.75) is 19.9 Å². The highest BCUT2D eigenvalue weighted by atomic mass is 32.1. The number of hydrogen-bond acceptors (Lipinski definition) is 2. The van der Waals surface area contributed by atoms with Crippen LogP contribution in [0.5, 0.6) is 0 Å². The molecule has 1 aromatic rings. The minimum absolute atomic E-state index is 0.685. The molecule has 1 fully saturated rings. The highest BCUT2D eigenvalue weighted by Gasteiger charge is 2.24. The molecule has 54 valence electrons. The summed E-state index contributed by atoms with van der Waals surface area (Å²) < 4.78 is 0. The van der Waals surface area contributed by atoms with Gasteiger partial charge in [0.25, 0.3) is 0 Å². The van der Waals surface area contributed by atoms with Crippen LogP contribution in [0.25, 0.3) is 0 Å². The van der Waals surface area contributed by atoms with Gasteiger partial charge in [0.05, 0.1) is 0 Å². The van der Waals surface area contributed by atoms with Crippen LogP contribution in [0, 0.1) is 13.8 Å². The van der Waals surface area contributed by atoms with Crippen LogP contribution in [0.15, 0.2) is 6.07 Å². The highest BCUT2D eigenvalue weighted by Crippen LogP contribution is 2.30. The molecular formula is C8H11NS. The van der Waals surface area contributed by atoms with Gasteiger partial charge in [-0.2, -0.15) is 0 Å². The molecule has 10 heavy (non-hydrogen) atoms. The normalized spacial score (nSPS) is 23.2. The number of nitrogens with one attached hydrogen (secondary N) is 1. The third-order valence-electron chi connectivity index (χ3n) is 1.86. The van der Waals surface area contributed by atoms with Gasteiger partial charge in [0.1, 0.15) is 0 Å². The fourth-order valence-corrected chi connectivity index (χ4v) is 2.26. The first kappa shape index (κ1) is 6.38. The lowest BCUT2D eigenvalue weighted by Crippen LogP contribution is -1.81. The van der Waals surface area contributed by atoms with E-state index in [1.807, 2.05) is 11.3 Å². The molecule has 0 radical (unpaired) electrons. The monoisotopic (exact) mass is 153 g/mol. The maximum atomic E-state index is 3.31. The summed E-state index contributed by atoms with van der Waals surface area (Å²) in [5.74, 6) is 0. The van der Waals surface area contributed by atoms with Crippen molar-refractivity contribution in [2.75, 3.05) is 6.54 Å². The number of thiophene rings is 1. The van der Waals surface area contributed by atoms with Gasteiger partial charge in [-0.15, -0.1) is 11.3 Å². The van der Waals surface area contributed by atoms with Gasteiger partial charge in [0.2, 0.25) is 0 Å². The van der Waals surface area contributed by atoms with E-state index in [1.54, 1.807) is 0 Å². The van der Waals surface area contributed by atoms with Crippen LogP contribution in [-0.2, 0) is 0 Å². The topological polar surface area (TPSA) is 21.9 Å². The second-order valence-corrected chi connectivity index (χ2v) is 4.29. The lowest BCUT2D eigenvalue weighted by molar-refractivity contribution is 1.07. The zero-order valence-electron chi connectivity index (χ0n) is 6.27. The standard InChI is InChI=1S/C8H11NS/c1-5-3-7(6(2)10-5)8-4-9-8/h3,8-9H,4H2,1-2H3/t8-/m1/s1. The van der Waals surface area contributed by atoms with Crippen molar-refractivity contribution in [3.05, 3.63) is 21.4 Å². The zero-order chi connectivity index (χ0) is 7.14. The summed E-state index contributed by atoms with van der Waals surface area (Å²) in [6.45, 7) is 5.55. The van der Waals surface area contributed by atoms with Gasteiger partial charge >= 0.3 is 0 Å². The molecule has 1 atom stereocenters. The van der Waals surface area contributed by atoms with E-state index in [1.165, 1.54) is 21.9 Å². The van der Waals surface area contributed by atoms with Gasteiger partial charge < -0.3 is 5.32 Å². The summed E-state index contributed by atoms with van der Waals surface area (Å²) in [5, 5.41) is 3.31. The van der Waals surface area contributed by atoms with Gasteiger partial charge in [0, 0.05) is 22.3 Å². The Hall–Kier alpha value is -0.340. The molecule has 0 unspecified atom stereocenters. The summed E-state index contributed by atoms with van der Waals surface area (Å²) in [5.41, 5.74) is 1.52. The molecule has 1 saturated heterocycles. The SMILES string of the molecule is Cc1cc([C@H]2CN2)c(C)s1. The molecule has 0 spiro atoms. The van der Waals surface area contributed by atoms with Gasteiger partial charge in [0.15, 0.2) is 0 Å². The summed E-state index contributed by atoms with van der Waals surface area (Å²) in [6.07, 6.45) is 0. The maximum absolute atomic E-state index is 3.31. The Morgan fingerprint density at radius 1 is 1.60 bits per heavy atom. The first-order valence-electron chi connectivity index (χ1n) is 3.57. The van der Waals surface area contributed by atoms with E-state index in [0.29, 0.717) is 6.04 Å². The van der Waals surface area contributed by atoms with E-state index >= 15 is 0 Å². The summed E-state index contributed by atoms with van der Waals surface area (Å²) in [6, 6.07) is 2.98. The van der Waals surface area contributed by atoms with E-state index in [-0.39, 0.29) is 0 Å². The van der Waals surface area contributed by atoms with Crippen molar-refractivity contribution in [1.29, 1.82) is 0 Å². The van der Waals surface area contributed by atoms with E-state index in [0.717, 1.165) is 0 Å². The number of aryl methyl sites for hydroxylation is 2. The first-order chi connectivity index (χ1) is 4.77. The van der Waals surface area contributed by atoms with Gasteiger partial charge in [-0.3, -0.25) is 0 Å². The Balaban J connectivity index is 2.38. The van der Waals surface area contributed by atoms with Crippen molar-refractivity contribution in [1.82, 2.24) is 5.32 Å². The lowest BCUT2D eigenvalue weighted by atomic mass is 10.2. The van der Waals surface area contributed by atoms with Crippen LogP contribution < -0.4 is 5.32 Å². The van der Waals surface area contributed by atoms with E-state index in [2.05, 4.69) is 25.2 Å². The molecule has 1 aromatic heterocycles. The highest BCUT2D eigenvalue weighted by molar-refractivity contribution is 7.12. The third kappa shape index (κ3) is 0.976. The van der Waals surface area contributed by atoms with Crippen LogP contribution >= 0.6 is 11.3 Å². The Labute approximate surface area is 65.1 Å². The Bertz CT molecular complexity index is 248. The fourth-order valence-electron chi connectivity index (χ4n) is 1.28. The summed E-state index contributed by atoms with van der Waals surface area (Å²) in [4.78, 5) is 2.91. The van der Waals surface area contributed by atoms with Crippen molar-refractivity contribution < 1.29 is 0 Å². The molecule has 2 heterocycles. The fraction of sp³-hybridized carbons (Fsp3) is 0.500. The van der Waals surface area contributed by atoms with E-state index in [4.69, 9.17) is 0 Å². The summed E-state index contributed by atoms with van der Waals surface area (Å²) in [7, 11) is 0. The molecule has 1 aliphatic rings. The van der Waals surface area contributed by atoms with Crippen molar-refractivity contribution in [3.8, 4) is 0 Å². The van der Waals surface area contributed by atoms with Gasteiger partial charge in [-0.1, -0.05) is 0 Å². The molecule has 0 saturated carbocycles. The molecule has 2 rings (SSSR count). The molecule has 0 amide bonds. The second kappa shape index (κ2) is 2.07. The van der Waals surface area contributed by atoms with E-state index in [9.17, 15) is 0 Å². The van der Waals surface area contributed by atoms with Crippen molar-refractivity contribution in [2.24, 2.45) is 0 Å². The number of hydrogen-bond donors (Lipinski definition) is 1. The Kier molecular flexibility index (Phi) is 1.32. The van der Waals surface area contributed by atoms with Gasteiger partial charge in [-0.25, -0.2) is 0 Å². The molecule has 2 heteroatoms. The third-order valence-corrected chi connectivity index (χ3v) is 2.84. The molecule has 0 aromatic carbocycles. The quantitative estimate of drug-likeness (QED) is 0.612. The lowest BCUT2D eigenvalue weighted by Gasteiger charge is -1.89. The van der Waals surface area contributed by atoms with Crippen LogP contribution in [-0.4, -0.2) is 6.54 Å². The predicted molar refractivity (Wildman–Crippen MR) is 44.5 cm³/mol. The smallest absolute Gasteiger partial charge is 0.0458 e.